The third-order valence-electron chi connectivity index (χ3n) is 3.17. The lowest BCUT2D eigenvalue weighted by Gasteiger charge is -2.10. The SMILES string of the molecule is CC(C)Oc1ccc(C(=O)n2sc(=O)c3ccccc32)cc1. The van der Waals surface area contributed by atoms with Gasteiger partial charge in [-0.15, -0.1) is 0 Å². The molecule has 0 atom stereocenters. The van der Waals surface area contributed by atoms with Gasteiger partial charge in [0.15, 0.2) is 0 Å². The van der Waals surface area contributed by atoms with Gasteiger partial charge < -0.3 is 4.74 Å². The maximum atomic E-state index is 12.6. The minimum Gasteiger partial charge on any atom is -0.491 e. The van der Waals surface area contributed by atoms with E-state index in [2.05, 4.69) is 0 Å². The molecule has 112 valence electrons. The highest BCUT2D eigenvalue weighted by atomic mass is 32.1. The Labute approximate surface area is 131 Å². The van der Waals surface area contributed by atoms with Gasteiger partial charge >= 0.3 is 0 Å². The van der Waals surface area contributed by atoms with Crippen LogP contribution in [0.15, 0.2) is 53.3 Å². The van der Waals surface area contributed by atoms with Crippen LogP contribution >= 0.6 is 11.5 Å². The van der Waals surface area contributed by atoms with E-state index in [4.69, 9.17) is 4.74 Å². The molecule has 0 fully saturated rings. The Kier molecular flexibility index (Phi) is 3.81. The van der Waals surface area contributed by atoms with Gasteiger partial charge in [0, 0.05) is 5.56 Å². The van der Waals surface area contributed by atoms with E-state index >= 15 is 0 Å². The molecule has 5 heteroatoms. The molecule has 22 heavy (non-hydrogen) atoms. The first-order chi connectivity index (χ1) is 10.6. The van der Waals surface area contributed by atoms with Crippen LogP contribution in [0.2, 0.25) is 0 Å². The van der Waals surface area contributed by atoms with Gasteiger partial charge in [0.25, 0.3) is 10.6 Å². The summed E-state index contributed by atoms with van der Waals surface area (Å²) in [5, 5.41) is 0.570. The summed E-state index contributed by atoms with van der Waals surface area (Å²) in [5.41, 5.74) is 1.16. The molecule has 0 N–H and O–H groups in total. The van der Waals surface area contributed by atoms with Gasteiger partial charge in [0.2, 0.25) is 0 Å². The number of ether oxygens (including phenoxy) is 1. The van der Waals surface area contributed by atoms with Crippen LogP contribution in [0.3, 0.4) is 0 Å². The number of rotatable bonds is 3. The highest BCUT2D eigenvalue weighted by molar-refractivity contribution is 7.06. The van der Waals surface area contributed by atoms with Crippen LogP contribution < -0.4 is 9.48 Å². The van der Waals surface area contributed by atoms with Crippen molar-refractivity contribution in [2.75, 3.05) is 0 Å². The van der Waals surface area contributed by atoms with E-state index < -0.39 is 0 Å². The lowest BCUT2D eigenvalue weighted by molar-refractivity contribution is 0.0975. The lowest BCUT2D eigenvalue weighted by Crippen LogP contribution is -2.10. The summed E-state index contributed by atoms with van der Waals surface area (Å²) in [7, 11) is 0. The third-order valence-corrected chi connectivity index (χ3v) is 4.11. The summed E-state index contributed by atoms with van der Waals surface area (Å²) in [6.07, 6.45) is 0.0835. The number of aromatic nitrogens is 1. The largest absolute Gasteiger partial charge is 0.491 e. The number of hydrogen-bond donors (Lipinski definition) is 0. The Hall–Kier alpha value is -2.40. The van der Waals surface area contributed by atoms with Crippen molar-refractivity contribution in [3.05, 3.63) is 63.6 Å². The van der Waals surface area contributed by atoms with Crippen LogP contribution in [0, 0.1) is 0 Å². The van der Waals surface area contributed by atoms with Gasteiger partial charge in [-0.05, 0) is 61.8 Å². The zero-order chi connectivity index (χ0) is 15.7. The van der Waals surface area contributed by atoms with E-state index in [9.17, 15) is 9.59 Å². The summed E-state index contributed by atoms with van der Waals surface area (Å²) in [6.45, 7) is 3.89. The van der Waals surface area contributed by atoms with E-state index in [1.54, 1.807) is 42.5 Å². The Balaban J connectivity index is 1.97. The summed E-state index contributed by atoms with van der Waals surface area (Å²) >= 11 is 0.926. The molecule has 0 unspecified atom stereocenters. The molecule has 4 nitrogen and oxygen atoms in total. The average Bonchev–Trinajstić information content (AvgIpc) is 2.84. The monoisotopic (exact) mass is 313 g/mol. The second kappa shape index (κ2) is 5.77. The van der Waals surface area contributed by atoms with Gasteiger partial charge in [-0.2, -0.15) is 0 Å². The summed E-state index contributed by atoms with van der Waals surface area (Å²) < 4.78 is 6.90. The van der Waals surface area contributed by atoms with Crippen molar-refractivity contribution in [1.82, 2.24) is 3.96 Å². The van der Waals surface area contributed by atoms with Crippen molar-refractivity contribution in [2.24, 2.45) is 0 Å². The number of nitrogens with zero attached hydrogens (tertiary/aromatic N) is 1. The number of hydrogen-bond acceptors (Lipinski definition) is 4. The van der Waals surface area contributed by atoms with Gasteiger partial charge in [0.1, 0.15) is 5.75 Å². The first-order valence-corrected chi connectivity index (χ1v) is 7.76. The Morgan fingerprint density at radius 1 is 1.09 bits per heavy atom. The Bertz CT molecular complexity index is 875. The van der Waals surface area contributed by atoms with Crippen LogP contribution in [0.4, 0.5) is 0 Å². The molecule has 0 bridgehead atoms. The first-order valence-electron chi connectivity index (χ1n) is 6.99. The predicted molar refractivity (Wildman–Crippen MR) is 88.0 cm³/mol. The van der Waals surface area contributed by atoms with Gasteiger partial charge in [-0.3, -0.25) is 9.59 Å². The average molecular weight is 313 g/mol. The predicted octanol–water partition coefficient (Wildman–Crippen LogP) is 3.54. The minimum absolute atomic E-state index is 0.0835. The molecule has 0 radical (unpaired) electrons. The molecular weight excluding hydrogens is 298 g/mol. The zero-order valence-electron chi connectivity index (χ0n) is 12.3. The highest BCUT2D eigenvalue weighted by Gasteiger charge is 2.15. The van der Waals surface area contributed by atoms with Crippen LogP contribution in [0.25, 0.3) is 10.9 Å². The fraction of sp³-hybridized carbons (Fsp3) is 0.176. The van der Waals surface area contributed by atoms with Gasteiger partial charge in [0.05, 0.1) is 17.0 Å². The Morgan fingerprint density at radius 3 is 2.45 bits per heavy atom. The fourth-order valence-electron chi connectivity index (χ4n) is 2.22. The van der Waals surface area contributed by atoms with Crippen LogP contribution in [-0.2, 0) is 0 Å². The molecule has 0 aliphatic carbocycles. The summed E-state index contributed by atoms with van der Waals surface area (Å²) in [5.74, 6) is 0.511. The molecule has 0 saturated heterocycles. The lowest BCUT2D eigenvalue weighted by atomic mass is 10.2. The van der Waals surface area contributed by atoms with Gasteiger partial charge in [-0.1, -0.05) is 12.1 Å². The van der Waals surface area contributed by atoms with Crippen LogP contribution in [0.5, 0.6) is 5.75 Å². The number of fused-ring (bicyclic) bond motifs is 1. The summed E-state index contributed by atoms with van der Waals surface area (Å²) in [4.78, 5) is 24.5. The van der Waals surface area contributed by atoms with Crippen molar-refractivity contribution in [3.63, 3.8) is 0 Å². The maximum absolute atomic E-state index is 12.6. The second-order valence-electron chi connectivity index (χ2n) is 5.19. The maximum Gasteiger partial charge on any atom is 0.271 e. The standard InChI is InChI=1S/C17H15NO3S/c1-11(2)21-13-9-7-12(8-10-13)16(19)18-15-6-4-3-5-14(15)17(20)22-18/h3-11H,1-2H3. The molecule has 0 amide bonds. The molecular formula is C17H15NO3S. The third kappa shape index (κ3) is 2.67. The van der Waals surface area contributed by atoms with Gasteiger partial charge in [-0.25, -0.2) is 3.96 Å². The van der Waals surface area contributed by atoms with Crippen molar-refractivity contribution in [1.29, 1.82) is 0 Å². The highest BCUT2D eigenvalue weighted by Crippen LogP contribution is 2.19. The molecule has 1 heterocycles. The normalized spacial score (nSPS) is 11.0. The first kappa shape index (κ1) is 14.5. The van der Waals surface area contributed by atoms with Crippen molar-refractivity contribution < 1.29 is 9.53 Å². The molecule has 3 rings (SSSR count). The van der Waals surface area contributed by atoms with E-state index in [-0.39, 0.29) is 16.8 Å². The number of carbonyl (C=O) groups excluding carboxylic acids is 1. The molecule has 2 aromatic carbocycles. The van der Waals surface area contributed by atoms with E-state index in [0.717, 1.165) is 17.3 Å². The van der Waals surface area contributed by atoms with E-state index in [0.29, 0.717) is 16.5 Å². The smallest absolute Gasteiger partial charge is 0.271 e. The fourth-order valence-corrected chi connectivity index (χ4v) is 3.10. The quantitative estimate of drug-likeness (QED) is 0.743. The Morgan fingerprint density at radius 2 is 1.77 bits per heavy atom. The number of carbonyl (C=O) groups is 1. The summed E-state index contributed by atoms with van der Waals surface area (Å²) in [6, 6.07) is 14.1. The molecule has 1 aromatic heterocycles. The van der Waals surface area contributed by atoms with Crippen molar-refractivity contribution >= 4 is 28.3 Å². The van der Waals surface area contributed by atoms with E-state index in [1.807, 2.05) is 19.9 Å². The van der Waals surface area contributed by atoms with Crippen LogP contribution in [0.1, 0.15) is 24.2 Å². The number of benzene rings is 2. The molecule has 0 spiro atoms. The van der Waals surface area contributed by atoms with Crippen molar-refractivity contribution in [2.45, 2.75) is 20.0 Å². The topological polar surface area (TPSA) is 48.3 Å². The zero-order valence-corrected chi connectivity index (χ0v) is 13.1. The molecule has 3 aromatic rings. The minimum atomic E-state index is -0.209. The van der Waals surface area contributed by atoms with Crippen molar-refractivity contribution in [3.8, 4) is 5.75 Å². The molecule has 0 saturated carbocycles. The number of para-hydroxylation sites is 1. The molecule has 0 aliphatic heterocycles. The van der Waals surface area contributed by atoms with Crippen LogP contribution in [-0.4, -0.2) is 16.0 Å². The molecule has 0 aliphatic rings. The van der Waals surface area contributed by atoms with E-state index in [1.165, 1.54) is 3.96 Å². The second-order valence-corrected chi connectivity index (χ2v) is 6.10.